The van der Waals surface area contributed by atoms with Gasteiger partial charge >= 0.3 is 0 Å². The molecule has 1 saturated heterocycles. The van der Waals surface area contributed by atoms with Crippen molar-refractivity contribution < 1.29 is 9.84 Å². The Balaban J connectivity index is 1.65. The molecule has 1 aromatic carbocycles. The molecule has 0 radical (unpaired) electrons. The number of nitriles is 1. The number of anilines is 1. The summed E-state index contributed by atoms with van der Waals surface area (Å²) in [6.45, 7) is 1.84. The number of aromatic nitrogens is 3. The van der Waals surface area contributed by atoms with Crippen LogP contribution in [0.3, 0.4) is 0 Å². The van der Waals surface area contributed by atoms with E-state index in [1.54, 1.807) is 37.6 Å². The number of aliphatic hydroxyl groups is 1. The van der Waals surface area contributed by atoms with Gasteiger partial charge in [-0.25, -0.2) is 9.97 Å². The highest BCUT2D eigenvalue weighted by atomic mass is 16.5. The van der Waals surface area contributed by atoms with Crippen molar-refractivity contribution >= 4 is 17.9 Å². The van der Waals surface area contributed by atoms with Crippen LogP contribution in [0.15, 0.2) is 58.6 Å². The summed E-state index contributed by atoms with van der Waals surface area (Å²) < 4.78 is 5.13. The van der Waals surface area contributed by atoms with Crippen molar-refractivity contribution in [1.82, 2.24) is 15.0 Å². The number of aliphatic imine (C=N–C) groups is 1. The van der Waals surface area contributed by atoms with E-state index in [1.165, 1.54) is 0 Å². The monoisotopic (exact) mass is 470 g/mol. The fourth-order valence-corrected chi connectivity index (χ4v) is 3.76. The Morgan fingerprint density at radius 3 is 2.80 bits per heavy atom. The molecule has 0 spiro atoms. The highest BCUT2D eigenvalue weighted by Gasteiger charge is 2.24. The lowest BCUT2D eigenvalue weighted by atomic mass is 10.1. The molecule has 3 aromatic rings. The first-order chi connectivity index (χ1) is 17.1. The maximum atomic E-state index is 10.0. The Labute approximate surface area is 203 Å². The van der Waals surface area contributed by atoms with Crippen LogP contribution in [0.25, 0.3) is 11.3 Å². The Morgan fingerprint density at radius 1 is 1.23 bits per heavy atom. The molecule has 1 atom stereocenters. The van der Waals surface area contributed by atoms with Crippen LogP contribution in [0.2, 0.25) is 0 Å². The Kier molecular flexibility index (Phi) is 7.72. The summed E-state index contributed by atoms with van der Waals surface area (Å²) in [4.78, 5) is 20.2. The van der Waals surface area contributed by atoms with E-state index in [9.17, 15) is 10.4 Å². The normalized spacial score (nSPS) is 16.1. The quantitative estimate of drug-likeness (QED) is 0.289. The second kappa shape index (κ2) is 11.3. The van der Waals surface area contributed by atoms with Crippen LogP contribution in [0.5, 0.6) is 0 Å². The zero-order valence-electron chi connectivity index (χ0n) is 19.4. The van der Waals surface area contributed by atoms with E-state index in [2.05, 4.69) is 26.1 Å². The number of hydrogen-bond acceptors (Lipinski definition) is 10. The third-order valence-electron chi connectivity index (χ3n) is 5.47. The van der Waals surface area contributed by atoms with Gasteiger partial charge < -0.3 is 20.6 Å². The van der Waals surface area contributed by atoms with Crippen molar-refractivity contribution in [2.75, 3.05) is 25.1 Å². The van der Waals surface area contributed by atoms with Crippen LogP contribution in [-0.4, -0.2) is 58.3 Å². The van der Waals surface area contributed by atoms with Crippen molar-refractivity contribution in [3.8, 4) is 17.3 Å². The van der Waals surface area contributed by atoms with Crippen molar-refractivity contribution in [2.45, 2.75) is 25.7 Å². The number of hydrogen-bond donors (Lipinski definition) is 2. The highest BCUT2D eigenvalue weighted by molar-refractivity contribution is 6.37. The van der Waals surface area contributed by atoms with E-state index in [0.29, 0.717) is 61.3 Å². The highest BCUT2D eigenvalue weighted by Crippen LogP contribution is 2.24. The van der Waals surface area contributed by atoms with Crippen LogP contribution in [-0.2, 0) is 17.9 Å². The molecular formula is C25H26N8O2. The Morgan fingerprint density at radius 2 is 2.06 bits per heavy atom. The number of methoxy groups -OCH3 is 1. The lowest BCUT2D eigenvalue weighted by Crippen LogP contribution is -2.24. The summed E-state index contributed by atoms with van der Waals surface area (Å²) in [6.07, 6.45) is 1.77. The predicted octanol–water partition coefficient (Wildman–Crippen LogP) is 2.06. The number of nitrogens with zero attached hydrogens (tertiary/aromatic N) is 7. The van der Waals surface area contributed by atoms with E-state index < -0.39 is 6.10 Å². The average molecular weight is 471 g/mol. The van der Waals surface area contributed by atoms with Crippen molar-refractivity contribution in [1.29, 1.82) is 5.26 Å². The van der Waals surface area contributed by atoms with Crippen LogP contribution in [0.4, 0.5) is 5.95 Å². The average Bonchev–Trinajstić information content (AvgIpc) is 3.33. The molecule has 1 aliphatic heterocycles. The zero-order chi connectivity index (χ0) is 24.6. The topological polar surface area (TPSA) is 146 Å². The number of hydrazone groups is 1. The fourth-order valence-electron chi connectivity index (χ4n) is 3.76. The molecule has 178 valence electrons. The van der Waals surface area contributed by atoms with Crippen molar-refractivity contribution in [3.63, 3.8) is 0 Å². The molecule has 35 heavy (non-hydrogen) atoms. The molecule has 3 N–H and O–H groups in total. The van der Waals surface area contributed by atoms with Gasteiger partial charge in [0.25, 0.3) is 0 Å². The van der Waals surface area contributed by atoms with Crippen molar-refractivity contribution in [2.24, 2.45) is 15.9 Å². The van der Waals surface area contributed by atoms with Crippen LogP contribution < -0.4 is 10.7 Å². The summed E-state index contributed by atoms with van der Waals surface area (Å²) in [5.41, 5.74) is 4.38. The summed E-state index contributed by atoms with van der Waals surface area (Å²) in [6, 6.07) is 16.8. The van der Waals surface area contributed by atoms with E-state index in [1.807, 2.05) is 29.2 Å². The number of nitrogens with two attached hydrogens (primary N) is 1. The van der Waals surface area contributed by atoms with Gasteiger partial charge in [0, 0.05) is 25.8 Å². The Bertz CT molecular complexity index is 1280. The van der Waals surface area contributed by atoms with E-state index >= 15 is 0 Å². The summed E-state index contributed by atoms with van der Waals surface area (Å²) in [5.74, 6) is 6.17. The van der Waals surface area contributed by atoms with Gasteiger partial charge in [-0.15, -0.1) is 0 Å². The first-order valence-corrected chi connectivity index (χ1v) is 11.1. The van der Waals surface area contributed by atoms with Gasteiger partial charge in [0.1, 0.15) is 5.71 Å². The molecule has 10 heteroatoms. The number of pyridine rings is 1. The second-order valence-corrected chi connectivity index (χ2v) is 8.06. The minimum atomic E-state index is -0.432. The fraction of sp³-hybridized carbons (Fsp3) is 0.280. The lowest BCUT2D eigenvalue weighted by Gasteiger charge is -2.17. The predicted molar refractivity (Wildman–Crippen MR) is 133 cm³/mol. The molecule has 3 heterocycles. The third-order valence-corrected chi connectivity index (χ3v) is 5.47. The van der Waals surface area contributed by atoms with Crippen LogP contribution >= 0.6 is 0 Å². The first kappa shape index (κ1) is 23.9. The van der Waals surface area contributed by atoms with Crippen molar-refractivity contribution in [3.05, 3.63) is 71.2 Å². The number of rotatable bonds is 8. The number of ether oxygens (including phenoxy) is 1. The standard InChI is InChI=1S/C25H26N8O2/c1-35-16-20-7-3-6-19(29-20)13-28-14-24(32-27)23-11-22(18-5-2-4-17(10-18)12-26)30-25(31-23)33-9-8-21(34)15-33/h2-7,10-11,14,21,34H,8-9,13,15-16,27H2,1H3. The van der Waals surface area contributed by atoms with Gasteiger partial charge in [-0.1, -0.05) is 18.2 Å². The molecule has 0 aliphatic carbocycles. The number of benzene rings is 1. The molecule has 4 rings (SSSR count). The minimum absolute atomic E-state index is 0.337. The van der Waals surface area contributed by atoms with Gasteiger partial charge in [-0.3, -0.25) is 9.98 Å². The largest absolute Gasteiger partial charge is 0.391 e. The summed E-state index contributed by atoms with van der Waals surface area (Å²) in [7, 11) is 1.63. The molecular weight excluding hydrogens is 444 g/mol. The number of β-amino-alcohol motifs (C(OH)–C–C–N with tert-alkyl or cyclic N) is 1. The van der Waals surface area contributed by atoms with E-state index in [-0.39, 0.29) is 0 Å². The van der Waals surface area contributed by atoms with E-state index in [4.69, 9.17) is 15.6 Å². The van der Waals surface area contributed by atoms with Crippen LogP contribution in [0, 0.1) is 11.3 Å². The minimum Gasteiger partial charge on any atom is -0.391 e. The SMILES string of the molecule is COCc1cccc(CN=CC(=NN)c2cc(-c3cccc(C#N)c3)nc(N3CCC(O)C3)n2)n1. The summed E-state index contributed by atoms with van der Waals surface area (Å²) >= 11 is 0. The molecule has 1 unspecified atom stereocenters. The van der Waals surface area contributed by atoms with Gasteiger partial charge in [-0.2, -0.15) is 10.4 Å². The van der Waals surface area contributed by atoms with Gasteiger partial charge in [0.15, 0.2) is 0 Å². The number of aliphatic hydroxyl groups excluding tert-OH is 1. The smallest absolute Gasteiger partial charge is 0.226 e. The molecule has 0 saturated carbocycles. The van der Waals surface area contributed by atoms with Gasteiger partial charge in [0.05, 0.1) is 59.9 Å². The van der Waals surface area contributed by atoms with E-state index in [0.717, 1.165) is 17.0 Å². The Hall–Kier alpha value is -4.20. The molecule has 1 fully saturated rings. The maximum Gasteiger partial charge on any atom is 0.226 e. The zero-order valence-corrected chi connectivity index (χ0v) is 19.4. The molecule has 1 aliphatic rings. The van der Waals surface area contributed by atoms with Crippen LogP contribution in [0.1, 0.15) is 29.1 Å². The first-order valence-electron chi connectivity index (χ1n) is 11.1. The van der Waals surface area contributed by atoms with Gasteiger partial charge in [-0.05, 0) is 36.8 Å². The lowest BCUT2D eigenvalue weighted by molar-refractivity contribution is 0.181. The second-order valence-electron chi connectivity index (χ2n) is 8.06. The molecule has 2 aromatic heterocycles. The molecule has 0 amide bonds. The maximum absolute atomic E-state index is 10.0. The van der Waals surface area contributed by atoms with Gasteiger partial charge in [0.2, 0.25) is 5.95 Å². The molecule has 0 bridgehead atoms. The third kappa shape index (κ3) is 6.03. The molecule has 10 nitrogen and oxygen atoms in total. The summed E-state index contributed by atoms with van der Waals surface area (Å²) in [5, 5.41) is 23.2.